The lowest BCUT2D eigenvalue weighted by molar-refractivity contribution is 0.0597. The van der Waals surface area contributed by atoms with Crippen molar-refractivity contribution < 1.29 is 18.3 Å². The van der Waals surface area contributed by atoms with E-state index >= 15 is 0 Å². The number of hydrogen-bond donors (Lipinski definition) is 0. The second-order valence-electron chi connectivity index (χ2n) is 6.63. The van der Waals surface area contributed by atoms with Gasteiger partial charge in [-0.05, 0) is 56.9 Å². The molecule has 0 saturated carbocycles. The number of ether oxygens (including phenoxy) is 1. The number of halogens is 3. The largest absolute Gasteiger partial charge is 0.542 e. The summed E-state index contributed by atoms with van der Waals surface area (Å²) in [5, 5.41) is -0.0478. The Bertz CT molecular complexity index is 610. The molecule has 0 aromatic heterocycles. The van der Waals surface area contributed by atoms with Gasteiger partial charge in [-0.1, -0.05) is 20.8 Å². The van der Waals surface area contributed by atoms with Crippen LogP contribution in [0.5, 0.6) is 5.75 Å². The summed E-state index contributed by atoms with van der Waals surface area (Å²) in [5.41, 5.74) is 0.703. The van der Waals surface area contributed by atoms with Gasteiger partial charge in [0, 0.05) is 5.56 Å². The minimum Gasteiger partial charge on any atom is -0.542 e. The molecule has 0 aliphatic heterocycles. The maximum atomic E-state index is 14.4. The third-order valence-corrected chi connectivity index (χ3v) is 9.85. The van der Waals surface area contributed by atoms with E-state index in [0.29, 0.717) is 11.3 Å². The Morgan fingerprint density at radius 1 is 1.18 bits per heavy atom. The summed E-state index contributed by atoms with van der Waals surface area (Å²) in [6.07, 6.45) is 0. The van der Waals surface area contributed by atoms with Gasteiger partial charge in [-0.25, -0.2) is 9.18 Å². The third-order valence-electron chi connectivity index (χ3n) is 4.07. The number of hydrogen-bond acceptors (Lipinski definition) is 3. The van der Waals surface area contributed by atoms with Crippen LogP contribution in [0.3, 0.4) is 0 Å². The van der Waals surface area contributed by atoms with Crippen LogP contribution in [0, 0.1) is 12.7 Å². The Labute approximate surface area is 149 Å². The summed E-state index contributed by atoms with van der Waals surface area (Å²) in [6.45, 7) is 12.1. The highest BCUT2D eigenvalue weighted by molar-refractivity contribution is 9.11. The van der Waals surface area contributed by atoms with E-state index in [9.17, 15) is 9.18 Å². The van der Waals surface area contributed by atoms with Crippen LogP contribution in [0.15, 0.2) is 8.95 Å². The van der Waals surface area contributed by atoms with Gasteiger partial charge in [-0.2, -0.15) is 0 Å². The maximum Gasteiger partial charge on any atom is 0.339 e. The SMILES string of the molecule is COC(=O)c1c(C)c(O[Si](C)(C)C(C)(C)C)c(Br)c(F)c1Br. The van der Waals surface area contributed by atoms with Crippen molar-refractivity contribution in [3.63, 3.8) is 0 Å². The van der Waals surface area contributed by atoms with E-state index in [2.05, 4.69) is 65.7 Å². The van der Waals surface area contributed by atoms with E-state index in [1.165, 1.54) is 7.11 Å². The van der Waals surface area contributed by atoms with E-state index in [-0.39, 0.29) is 19.5 Å². The smallest absolute Gasteiger partial charge is 0.339 e. The molecule has 7 heteroatoms. The second kappa shape index (κ2) is 6.61. The normalized spacial score (nSPS) is 12.3. The minimum absolute atomic E-state index is 0.0478. The molecule has 0 bridgehead atoms. The molecule has 124 valence electrons. The predicted molar refractivity (Wildman–Crippen MR) is 95.7 cm³/mol. The number of carbonyl (C=O) groups excluding carboxylic acids is 1. The van der Waals surface area contributed by atoms with Gasteiger partial charge in [0.05, 0.1) is 21.6 Å². The number of methoxy groups -OCH3 is 1. The molecule has 0 saturated heterocycles. The van der Waals surface area contributed by atoms with Gasteiger partial charge in [0.1, 0.15) is 5.75 Å². The molecule has 0 radical (unpaired) electrons. The van der Waals surface area contributed by atoms with Crippen molar-refractivity contribution in [3.05, 3.63) is 25.9 Å². The van der Waals surface area contributed by atoms with Crippen LogP contribution in [0.4, 0.5) is 4.39 Å². The molecule has 0 heterocycles. The Kier molecular flexibility index (Phi) is 5.90. The van der Waals surface area contributed by atoms with Gasteiger partial charge in [-0.15, -0.1) is 0 Å². The molecule has 0 atom stereocenters. The van der Waals surface area contributed by atoms with E-state index < -0.39 is 20.1 Å². The average molecular weight is 456 g/mol. The van der Waals surface area contributed by atoms with Crippen molar-refractivity contribution in [2.45, 2.75) is 45.8 Å². The van der Waals surface area contributed by atoms with Crippen LogP contribution in [0.25, 0.3) is 0 Å². The molecule has 0 aliphatic carbocycles. The van der Waals surface area contributed by atoms with Crippen LogP contribution in [0.1, 0.15) is 36.7 Å². The standard InChI is InChI=1S/C15H21Br2FO3Si/c1-8-9(14(19)20-5)10(16)12(18)11(17)13(8)21-22(6,7)15(2,3)4/h1-7H3. The molecule has 0 unspecified atom stereocenters. The highest BCUT2D eigenvalue weighted by Crippen LogP contribution is 2.44. The molecule has 0 spiro atoms. The van der Waals surface area contributed by atoms with Gasteiger partial charge in [0.2, 0.25) is 0 Å². The summed E-state index contributed by atoms with van der Waals surface area (Å²) in [5.74, 6) is -0.803. The summed E-state index contributed by atoms with van der Waals surface area (Å²) >= 11 is 6.37. The molecular formula is C15H21Br2FO3Si. The van der Waals surface area contributed by atoms with E-state index in [1.54, 1.807) is 6.92 Å². The van der Waals surface area contributed by atoms with Crippen molar-refractivity contribution in [1.82, 2.24) is 0 Å². The zero-order chi connectivity index (χ0) is 17.5. The minimum atomic E-state index is -2.18. The highest BCUT2D eigenvalue weighted by atomic mass is 79.9. The number of esters is 1. The van der Waals surface area contributed by atoms with Crippen molar-refractivity contribution >= 4 is 46.1 Å². The van der Waals surface area contributed by atoms with E-state index in [4.69, 9.17) is 9.16 Å². The van der Waals surface area contributed by atoms with Crippen LogP contribution < -0.4 is 4.43 Å². The molecule has 0 fully saturated rings. The van der Waals surface area contributed by atoms with Gasteiger partial charge in [0.15, 0.2) is 5.82 Å². The first-order chi connectivity index (χ1) is 9.85. The lowest BCUT2D eigenvalue weighted by atomic mass is 10.1. The Hall–Kier alpha value is -0.403. The summed E-state index contributed by atoms with van der Waals surface area (Å²) in [6, 6.07) is 0. The van der Waals surface area contributed by atoms with Crippen molar-refractivity contribution in [3.8, 4) is 5.75 Å². The Morgan fingerprint density at radius 3 is 2.09 bits per heavy atom. The average Bonchev–Trinajstić information content (AvgIpc) is 2.40. The molecule has 0 aliphatic rings. The lowest BCUT2D eigenvalue weighted by Gasteiger charge is -2.37. The molecule has 0 amide bonds. The van der Waals surface area contributed by atoms with E-state index in [0.717, 1.165) is 0 Å². The highest BCUT2D eigenvalue weighted by Gasteiger charge is 2.40. The van der Waals surface area contributed by atoms with Crippen LogP contribution in [-0.4, -0.2) is 21.4 Å². The second-order valence-corrected chi connectivity index (χ2v) is 12.9. The molecule has 1 aromatic carbocycles. The molecule has 22 heavy (non-hydrogen) atoms. The summed E-state index contributed by atoms with van der Waals surface area (Å²) < 4.78 is 25.7. The van der Waals surface area contributed by atoms with Gasteiger partial charge in [0.25, 0.3) is 8.32 Å². The maximum absolute atomic E-state index is 14.4. The molecule has 1 rings (SSSR count). The third kappa shape index (κ3) is 3.57. The lowest BCUT2D eigenvalue weighted by Crippen LogP contribution is -2.44. The molecular weight excluding hydrogens is 435 g/mol. The van der Waals surface area contributed by atoms with Crippen molar-refractivity contribution in [2.24, 2.45) is 0 Å². The van der Waals surface area contributed by atoms with Crippen LogP contribution in [-0.2, 0) is 4.74 Å². The fourth-order valence-electron chi connectivity index (χ4n) is 1.62. The summed E-state index contributed by atoms with van der Waals surface area (Å²) in [7, 11) is -0.914. The zero-order valence-electron chi connectivity index (χ0n) is 13.9. The quantitative estimate of drug-likeness (QED) is 0.326. The van der Waals surface area contributed by atoms with Gasteiger partial charge >= 0.3 is 5.97 Å². The molecule has 1 aromatic rings. The summed E-state index contributed by atoms with van der Waals surface area (Å²) in [4.78, 5) is 12.0. The molecule has 0 N–H and O–H groups in total. The van der Waals surface area contributed by atoms with Crippen molar-refractivity contribution in [1.29, 1.82) is 0 Å². The first kappa shape index (κ1) is 19.6. The van der Waals surface area contributed by atoms with Gasteiger partial charge in [-0.3, -0.25) is 0 Å². The van der Waals surface area contributed by atoms with Crippen LogP contribution in [0.2, 0.25) is 18.1 Å². The monoisotopic (exact) mass is 454 g/mol. The fourth-order valence-corrected chi connectivity index (χ4v) is 4.34. The molecule has 3 nitrogen and oxygen atoms in total. The predicted octanol–water partition coefficient (Wildman–Crippen LogP) is 5.83. The number of carbonyl (C=O) groups is 1. The fraction of sp³-hybridized carbons (Fsp3) is 0.533. The first-order valence-corrected chi connectivity index (χ1v) is 11.3. The Balaban J connectivity index is 3.57. The van der Waals surface area contributed by atoms with Crippen LogP contribution >= 0.6 is 31.9 Å². The topological polar surface area (TPSA) is 35.5 Å². The number of rotatable bonds is 3. The zero-order valence-corrected chi connectivity index (χ0v) is 18.0. The number of benzene rings is 1. The van der Waals surface area contributed by atoms with E-state index in [1.807, 2.05) is 0 Å². The van der Waals surface area contributed by atoms with Crippen molar-refractivity contribution in [2.75, 3.05) is 7.11 Å². The Morgan fingerprint density at radius 2 is 1.68 bits per heavy atom. The first-order valence-electron chi connectivity index (χ1n) is 6.79. The van der Waals surface area contributed by atoms with Gasteiger partial charge < -0.3 is 9.16 Å².